The Bertz CT molecular complexity index is 1030. The molecule has 8 heteroatoms. The number of nitrogens with zero attached hydrogens (tertiary/aromatic N) is 3. The van der Waals surface area contributed by atoms with Crippen LogP contribution in [0.25, 0.3) is 11.3 Å². The van der Waals surface area contributed by atoms with Gasteiger partial charge in [-0.25, -0.2) is 0 Å². The Labute approximate surface area is 214 Å². The van der Waals surface area contributed by atoms with Gasteiger partial charge >= 0.3 is 0 Å². The van der Waals surface area contributed by atoms with Gasteiger partial charge in [0.1, 0.15) is 17.0 Å². The standard InChI is InChI=1S/C28H40N4O4/c1-4-5-18-36-23-14-12-21(13-15-23)24-19-25-26(33)31(16-9-17-35-3)28(2,20-32(25)30-24)27(34)29-22-10-7-6-8-11-22/h12-15,19,22H,4-11,16-18,20H2,1-3H3,(H,29,34)/t28-/m1/s1. The molecule has 8 nitrogen and oxygen atoms in total. The lowest BCUT2D eigenvalue weighted by atomic mass is 9.91. The van der Waals surface area contributed by atoms with Crippen LogP contribution in [0.15, 0.2) is 30.3 Å². The number of carbonyl (C=O) groups is 2. The van der Waals surface area contributed by atoms with Gasteiger partial charge in [0.05, 0.1) is 18.8 Å². The number of nitrogens with one attached hydrogen (secondary N) is 1. The van der Waals surface area contributed by atoms with Crippen molar-refractivity contribution in [3.8, 4) is 17.0 Å². The van der Waals surface area contributed by atoms with Crippen molar-refractivity contribution < 1.29 is 19.1 Å². The van der Waals surface area contributed by atoms with E-state index in [-0.39, 0.29) is 17.9 Å². The van der Waals surface area contributed by atoms with E-state index in [1.165, 1.54) is 6.42 Å². The second-order valence-corrected chi connectivity index (χ2v) is 10.2. The van der Waals surface area contributed by atoms with E-state index < -0.39 is 5.54 Å². The van der Waals surface area contributed by atoms with E-state index in [9.17, 15) is 9.59 Å². The van der Waals surface area contributed by atoms with Crippen molar-refractivity contribution in [2.45, 2.75) is 83.3 Å². The molecule has 36 heavy (non-hydrogen) atoms. The number of benzene rings is 1. The van der Waals surface area contributed by atoms with Gasteiger partial charge in [0.2, 0.25) is 5.91 Å². The quantitative estimate of drug-likeness (QED) is 0.465. The molecular formula is C28H40N4O4. The maximum Gasteiger partial charge on any atom is 0.273 e. The van der Waals surface area contributed by atoms with Crippen LogP contribution in [-0.4, -0.2) is 64.9 Å². The summed E-state index contributed by atoms with van der Waals surface area (Å²) in [6.45, 7) is 5.99. The van der Waals surface area contributed by atoms with Gasteiger partial charge in [-0.2, -0.15) is 5.10 Å². The first-order valence-corrected chi connectivity index (χ1v) is 13.4. The van der Waals surface area contributed by atoms with Crippen molar-refractivity contribution in [1.82, 2.24) is 20.0 Å². The zero-order valence-corrected chi connectivity index (χ0v) is 21.9. The van der Waals surface area contributed by atoms with Crippen LogP contribution < -0.4 is 10.1 Å². The summed E-state index contributed by atoms with van der Waals surface area (Å²) in [7, 11) is 1.65. The Balaban J connectivity index is 1.57. The Hall–Kier alpha value is -2.87. The topological polar surface area (TPSA) is 85.7 Å². The van der Waals surface area contributed by atoms with E-state index in [4.69, 9.17) is 14.6 Å². The van der Waals surface area contributed by atoms with Gasteiger partial charge in [-0.05, 0) is 62.9 Å². The number of hydrogen-bond acceptors (Lipinski definition) is 5. The minimum absolute atomic E-state index is 0.101. The average Bonchev–Trinajstić information content (AvgIpc) is 3.31. The molecule has 0 spiro atoms. The summed E-state index contributed by atoms with van der Waals surface area (Å²) in [5.41, 5.74) is 1.11. The highest BCUT2D eigenvalue weighted by molar-refractivity contribution is 6.00. The van der Waals surface area contributed by atoms with Crippen LogP contribution in [0.2, 0.25) is 0 Å². The molecule has 1 aliphatic carbocycles. The third-order valence-electron chi connectivity index (χ3n) is 7.37. The van der Waals surface area contributed by atoms with Crippen molar-refractivity contribution in [1.29, 1.82) is 0 Å². The number of fused-ring (bicyclic) bond motifs is 1. The normalized spacial score (nSPS) is 20.3. The number of hydrogen-bond donors (Lipinski definition) is 1. The first-order chi connectivity index (χ1) is 17.5. The molecule has 0 radical (unpaired) electrons. The molecule has 2 aliphatic rings. The van der Waals surface area contributed by atoms with Crippen molar-refractivity contribution in [2.24, 2.45) is 0 Å². The van der Waals surface area contributed by atoms with Gasteiger partial charge in [-0.3, -0.25) is 14.3 Å². The first-order valence-electron chi connectivity index (χ1n) is 13.4. The third kappa shape index (κ3) is 5.75. The monoisotopic (exact) mass is 496 g/mol. The Morgan fingerprint density at radius 1 is 1.14 bits per heavy atom. The maximum atomic E-state index is 13.7. The number of methoxy groups -OCH3 is 1. The lowest BCUT2D eigenvalue weighted by Gasteiger charge is -2.44. The number of aromatic nitrogens is 2. The Morgan fingerprint density at radius 3 is 2.58 bits per heavy atom. The Morgan fingerprint density at radius 2 is 1.89 bits per heavy atom. The summed E-state index contributed by atoms with van der Waals surface area (Å²) in [6.07, 6.45) is 8.24. The maximum absolute atomic E-state index is 13.7. The van der Waals surface area contributed by atoms with Gasteiger partial charge in [0, 0.05) is 31.9 Å². The minimum Gasteiger partial charge on any atom is -0.494 e. The molecular weight excluding hydrogens is 456 g/mol. The van der Waals surface area contributed by atoms with E-state index >= 15 is 0 Å². The zero-order valence-electron chi connectivity index (χ0n) is 21.9. The molecule has 2 heterocycles. The number of carbonyl (C=O) groups excluding carboxylic acids is 2. The fourth-order valence-corrected chi connectivity index (χ4v) is 5.14. The van der Waals surface area contributed by atoms with Gasteiger partial charge in [-0.1, -0.05) is 32.6 Å². The summed E-state index contributed by atoms with van der Waals surface area (Å²) < 4.78 is 12.7. The van der Waals surface area contributed by atoms with Crippen molar-refractivity contribution in [3.63, 3.8) is 0 Å². The van der Waals surface area contributed by atoms with Crippen molar-refractivity contribution >= 4 is 11.8 Å². The van der Waals surface area contributed by atoms with Crippen LogP contribution in [-0.2, 0) is 16.1 Å². The molecule has 0 saturated heterocycles. The van der Waals surface area contributed by atoms with Crippen LogP contribution in [0, 0.1) is 0 Å². The molecule has 1 fully saturated rings. The summed E-state index contributed by atoms with van der Waals surface area (Å²) in [5.74, 6) is 0.553. The van der Waals surface area contributed by atoms with E-state index in [0.29, 0.717) is 44.1 Å². The van der Waals surface area contributed by atoms with Crippen molar-refractivity contribution in [2.75, 3.05) is 26.9 Å². The SMILES string of the molecule is CCCCOc1ccc(-c2cc3n(n2)C[C@](C)(C(=O)NC2CCCCC2)N(CCCOC)C3=O)cc1. The van der Waals surface area contributed by atoms with E-state index in [1.54, 1.807) is 16.7 Å². The number of unbranched alkanes of at least 4 members (excludes halogenated alkanes) is 1. The van der Waals surface area contributed by atoms with Gasteiger partial charge in [0.15, 0.2) is 0 Å². The van der Waals surface area contributed by atoms with Crippen LogP contribution in [0.3, 0.4) is 0 Å². The molecule has 1 atom stereocenters. The van der Waals surface area contributed by atoms with Crippen LogP contribution >= 0.6 is 0 Å². The molecule has 1 aromatic heterocycles. The van der Waals surface area contributed by atoms with Crippen LogP contribution in [0.4, 0.5) is 0 Å². The lowest BCUT2D eigenvalue weighted by molar-refractivity contribution is -0.134. The summed E-state index contributed by atoms with van der Waals surface area (Å²) in [5, 5.41) is 8.00. The molecule has 1 N–H and O–H groups in total. The average molecular weight is 497 g/mol. The third-order valence-corrected chi connectivity index (χ3v) is 7.37. The van der Waals surface area contributed by atoms with Crippen molar-refractivity contribution in [3.05, 3.63) is 36.0 Å². The smallest absolute Gasteiger partial charge is 0.273 e. The van der Waals surface area contributed by atoms with Gasteiger partial charge < -0.3 is 19.7 Å². The summed E-state index contributed by atoms with van der Waals surface area (Å²) in [6, 6.07) is 9.80. The number of ether oxygens (including phenoxy) is 2. The van der Waals surface area contributed by atoms with Gasteiger partial charge in [-0.15, -0.1) is 0 Å². The molecule has 1 saturated carbocycles. The highest BCUT2D eigenvalue weighted by atomic mass is 16.5. The van der Waals surface area contributed by atoms with Crippen LogP contribution in [0.1, 0.15) is 75.7 Å². The van der Waals surface area contributed by atoms with E-state index in [0.717, 1.165) is 49.8 Å². The van der Waals surface area contributed by atoms with Gasteiger partial charge in [0.25, 0.3) is 5.91 Å². The Kier molecular flexibility index (Phi) is 8.67. The molecule has 1 aromatic carbocycles. The largest absolute Gasteiger partial charge is 0.494 e. The zero-order chi connectivity index (χ0) is 25.5. The molecule has 1 aliphatic heterocycles. The van der Waals surface area contributed by atoms with E-state index in [2.05, 4.69) is 12.2 Å². The second kappa shape index (κ2) is 11.9. The molecule has 2 amide bonds. The van der Waals surface area contributed by atoms with Crippen LogP contribution in [0.5, 0.6) is 5.75 Å². The minimum atomic E-state index is -1.02. The fraction of sp³-hybridized carbons (Fsp3) is 0.607. The molecule has 0 unspecified atom stereocenters. The summed E-state index contributed by atoms with van der Waals surface area (Å²) >= 11 is 0. The fourth-order valence-electron chi connectivity index (χ4n) is 5.14. The predicted octanol–water partition coefficient (Wildman–Crippen LogP) is 4.43. The van der Waals surface area contributed by atoms with E-state index in [1.807, 2.05) is 37.3 Å². The number of amides is 2. The first kappa shape index (κ1) is 26.2. The molecule has 2 aromatic rings. The summed E-state index contributed by atoms with van der Waals surface area (Å²) in [4.78, 5) is 29.0. The lowest BCUT2D eigenvalue weighted by Crippen LogP contribution is -2.65. The molecule has 196 valence electrons. The second-order valence-electron chi connectivity index (χ2n) is 10.2. The molecule has 4 rings (SSSR count). The highest BCUT2D eigenvalue weighted by Crippen LogP contribution is 2.31. The highest BCUT2D eigenvalue weighted by Gasteiger charge is 2.48. The predicted molar refractivity (Wildman–Crippen MR) is 139 cm³/mol. The number of rotatable bonds is 11. The molecule has 0 bridgehead atoms.